The number of aromatic nitrogens is 2. The molecule has 2 aromatic heterocycles. The third-order valence-corrected chi connectivity index (χ3v) is 7.31. The van der Waals surface area contributed by atoms with Crippen LogP contribution in [-0.4, -0.2) is 25.6 Å². The van der Waals surface area contributed by atoms with Gasteiger partial charge in [0.2, 0.25) is 5.82 Å². The van der Waals surface area contributed by atoms with Crippen molar-refractivity contribution in [2.45, 2.75) is 4.90 Å². The van der Waals surface area contributed by atoms with Crippen molar-refractivity contribution in [2.24, 2.45) is 0 Å². The number of nitrogens with zero attached hydrogens (tertiary/aromatic N) is 3. The van der Waals surface area contributed by atoms with Crippen molar-refractivity contribution < 1.29 is 12.9 Å². The van der Waals surface area contributed by atoms with Gasteiger partial charge in [-0.2, -0.15) is 4.98 Å². The number of thiophene rings is 1. The lowest BCUT2D eigenvalue weighted by molar-refractivity contribution is 0.432. The van der Waals surface area contributed by atoms with E-state index in [1.165, 1.54) is 28.8 Å². The monoisotopic (exact) mass is 431 g/mol. The number of halogens is 1. The maximum absolute atomic E-state index is 13.1. The number of sulfonamides is 1. The predicted molar refractivity (Wildman–Crippen MR) is 110 cm³/mol. The van der Waals surface area contributed by atoms with E-state index in [4.69, 9.17) is 16.1 Å². The zero-order valence-corrected chi connectivity index (χ0v) is 17.0. The third kappa shape index (κ3) is 3.30. The average molecular weight is 432 g/mol. The molecule has 0 atom stereocenters. The molecule has 2 aromatic carbocycles. The van der Waals surface area contributed by atoms with Gasteiger partial charge < -0.3 is 4.52 Å². The van der Waals surface area contributed by atoms with E-state index < -0.39 is 10.0 Å². The van der Waals surface area contributed by atoms with Crippen LogP contribution in [0.4, 0.5) is 5.69 Å². The normalized spacial score (nSPS) is 11.5. The molecule has 0 saturated carbocycles. The minimum absolute atomic E-state index is 0.109. The Labute approximate surface area is 171 Å². The molecule has 0 aliphatic rings. The highest BCUT2D eigenvalue weighted by Gasteiger charge is 2.28. The van der Waals surface area contributed by atoms with Crippen LogP contribution in [0, 0.1) is 0 Å². The second kappa shape index (κ2) is 7.38. The largest absolute Gasteiger partial charge is 0.333 e. The maximum Gasteiger partial charge on any atom is 0.269 e. The van der Waals surface area contributed by atoms with Gasteiger partial charge in [-0.1, -0.05) is 47.1 Å². The van der Waals surface area contributed by atoms with Gasteiger partial charge in [0.1, 0.15) is 9.77 Å². The predicted octanol–water partition coefficient (Wildman–Crippen LogP) is 4.94. The SMILES string of the molecule is CN(c1ccccc1)S(=O)(=O)c1ccsc1-c1nc(-c2ccccc2Cl)no1. The summed E-state index contributed by atoms with van der Waals surface area (Å²) in [6, 6.07) is 17.5. The molecule has 0 N–H and O–H groups in total. The Morgan fingerprint density at radius 3 is 2.50 bits per heavy atom. The van der Waals surface area contributed by atoms with Gasteiger partial charge in [0.15, 0.2) is 0 Å². The maximum atomic E-state index is 13.1. The van der Waals surface area contributed by atoms with Crippen LogP contribution in [0.15, 0.2) is 75.5 Å². The fourth-order valence-electron chi connectivity index (χ4n) is 2.65. The number of benzene rings is 2. The van der Waals surface area contributed by atoms with Gasteiger partial charge in [-0.3, -0.25) is 4.31 Å². The number of hydrogen-bond donors (Lipinski definition) is 0. The molecule has 0 unspecified atom stereocenters. The van der Waals surface area contributed by atoms with Crippen LogP contribution in [0.25, 0.3) is 22.2 Å². The lowest BCUT2D eigenvalue weighted by Gasteiger charge is -2.19. The molecule has 0 amide bonds. The van der Waals surface area contributed by atoms with Gasteiger partial charge in [-0.05, 0) is 35.7 Å². The highest BCUT2D eigenvalue weighted by atomic mass is 35.5. The van der Waals surface area contributed by atoms with E-state index in [0.717, 1.165) is 0 Å². The molecule has 4 rings (SSSR count). The zero-order chi connectivity index (χ0) is 19.7. The lowest BCUT2D eigenvalue weighted by atomic mass is 10.2. The van der Waals surface area contributed by atoms with Crippen molar-refractivity contribution >= 4 is 38.6 Å². The number of anilines is 1. The minimum Gasteiger partial charge on any atom is -0.333 e. The van der Waals surface area contributed by atoms with Crippen LogP contribution in [-0.2, 0) is 10.0 Å². The van der Waals surface area contributed by atoms with Crippen molar-refractivity contribution in [3.05, 3.63) is 71.1 Å². The quantitative estimate of drug-likeness (QED) is 0.447. The Hall–Kier alpha value is -2.68. The summed E-state index contributed by atoms with van der Waals surface area (Å²) in [5, 5.41) is 6.12. The Balaban J connectivity index is 1.74. The third-order valence-electron chi connectivity index (χ3n) is 4.12. The minimum atomic E-state index is -3.80. The van der Waals surface area contributed by atoms with Gasteiger partial charge in [0, 0.05) is 12.6 Å². The Kier molecular flexibility index (Phi) is 4.92. The summed E-state index contributed by atoms with van der Waals surface area (Å²) in [5.41, 5.74) is 1.17. The second-order valence-corrected chi connectivity index (χ2v) is 9.09. The summed E-state index contributed by atoms with van der Waals surface area (Å²) in [4.78, 5) is 4.85. The Morgan fingerprint density at radius 1 is 1.04 bits per heavy atom. The molecule has 142 valence electrons. The summed E-state index contributed by atoms with van der Waals surface area (Å²) in [5.74, 6) is 0.429. The summed E-state index contributed by atoms with van der Waals surface area (Å²) >= 11 is 7.40. The molecule has 28 heavy (non-hydrogen) atoms. The summed E-state index contributed by atoms with van der Waals surface area (Å²) in [6.45, 7) is 0. The van der Waals surface area contributed by atoms with E-state index in [1.54, 1.807) is 47.8 Å². The molecule has 0 radical (unpaired) electrons. The topological polar surface area (TPSA) is 76.3 Å². The Bertz CT molecular complexity index is 1220. The molecule has 0 bridgehead atoms. The molecule has 0 fully saturated rings. The van der Waals surface area contributed by atoms with Crippen LogP contribution >= 0.6 is 22.9 Å². The van der Waals surface area contributed by atoms with Gasteiger partial charge in [-0.15, -0.1) is 11.3 Å². The van der Waals surface area contributed by atoms with Crippen LogP contribution in [0.5, 0.6) is 0 Å². The van der Waals surface area contributed by atoms with Gasteiger partial charge in [-0.25, -0.2) is 8.42 Å². The van der Waals surface area contributed by atoms with E-state index in [-0.39, 0.29) is 10.8 Å². The first-order chi connectivity index (χ1) is 13.5. The molecule has 2 heterocycles. The second-order valence-electron chi connectivity index (χ2n) is 5.83. The van der Waals surface area contributed by atoms with Gasteiger partial charge >= 0.3 is 0 Å². The van der Waals surface area contributed by atoms with E-state index in [2.05, 4.69) is 10.1 Å². The summed E-state index contributed by atoms with van der Waals surface area (Å²) in [6.07, 6.45) is 0. The summed E-state index contributed by atoms with van der Waals surface area (Å²) < 4.78 is 32.9. The van der Waals surface area contributed by atoms with E-state index in [9.17, 15) is 8.42 Å². The van der Waals surface area contributed by atoms with Crippen molar-refractivity contribution in [3.8, 4) is 22.2 Å². The molecule has 0 spiro atoms. The first kappa shape index (κ1) is 18.7. The molecule has 0 aliphatic carbocycles. The van der Waals surface area contributed by atoms with Crippen LogP contribution in [0.3, 0.4) is 0 Å². The first-order valence-electron chi connectivity index (χ1n) is 8.19. The fraction of sp³-hybridized carbons (Fsp3) is 0.0526. The molecular weight excluding hydrogens is 418 g/mol. The van der Waals surface area contributed by atoms with Crippen molar-refractivity contribution in [2.75, 3.05) is 11.4 Å². The molecule has 0 saturated heterocycles. The summed E-state index contributed by atoms with van der Waals surface area (Å²) in [7, 11) is -2.29. The molecular formula is C19H14ClN3O3S2. The fourth-order valence-corrected chi connectivity index (χ4v) is 5.38. The molecule has 9 heteroatoms. The van der Waals surface area contributed by atoms with E-state index >= 15 is 0 Å². The average Bonchev–Trinajstić information content (AvgIpc) is 3.38. The smallest absolute Gasteiger partial charge is 0.269 e. The Morgan fingerprint density at radius 2 is 1.75 bits per heavy atom. The van der Waals surface area contributed by atoms with Crippen molar-refractivity contribution in [1.29, 1.82) is 0 Å². The number of para-hydroxylation sites is 1. The zero-order valence-electron chi connectivity index (χ0n) is 14.6. The van der Waals surface area contributed by atoms with Crippen LogP contribution in [0.2, 0.25) is 5.02 Å². The van der Waals surface area contributed by atoms with E-state index in [1.807, 2.05) is 12.1 Å². The van der Waals surface area contributed by atoms with Crippen molar-refractivity contribution in [3.63, 3.8) is 0 Å². The number of hydrogen-bond acceptors (Lipinski definition) is 6. The molecule has 6 nitrogen and oxygen atoms in total. The molecule has 0 aliphatic heterocycles. The van der Waals surface area contributed by atoms with Crippen LogP contribution in [0.1, 0.15) is 0 Å². The van der Waals surface area contributed by atoms with Gasteiger partial charge in [0.05, 0.1) is 10.7 Å². The lowest BCUT2D eigenvalue weighted by Crippen LogP contribution is -2.26. The highest BCUT2D eigenvalue weighted by molar-refractivity contribution is 7.93. The number of rotatable bonds is 5. The van der Waals surface area contributed by atoms with Gasteiger partial charge in [0.25, 0.3) is 15.9 Å². The molecule has 4 aromatic rings. The van der Waals surface area contributed by atoms with Crippen molar-refractivity contribution in [1.82, 2.24) is 10.1 Å². The first-order valence-corrected chi connectivity index (χ1v) is 10.9. The highest BCUT2D eigenvalue weighted by Crippen LogP contribution is 2.36. The van der Waals surface area contributed by atoms with E-state index in [0.29, 0.717) is 27.0 Å². The van der Waals surface area contributed by atoms with Crippen LogP contribution < -0.4 is 4.31 Å². The standard InChI is InChI=1S/C19H14ClN3O3S2/c1-23(13-7-3-2-4-8-13)28(24,25)16-11-12-27-17(16)19-21-18(22-26-19)14-9-5-6-10-15(14)20/h2-12H,1H3.